The summed E-state index contributed by atoms with van der Waals surface area (Å²) in [4.78, 5) is -0.194. The maximum atomic E-state index is 13.7. The third-order valence-corrected chi connectivity index (χ3v) is 4.90. The molecule has 134 valence electrons. The fourth-order valence-electron chi connectivity index (χ4n) is 2.24. The quantitative estimate of drug-likeness (QED) is 0.694. The Bertz CT molecular complexity index is 990. The fourth-order valence-corrected chi connectivity index (χ4v) is 3.31. The summed E-state index contributed by atoms with van der Waals surface area (Å²) in [6.45, 7) is 0. The van der Waals surface area contributed by atoms with Crippen LogP contribution in [0.4, 0.5) is 10.1 Å². The van der Waals surface area contributed by atoms with Crippen molar-refractivity contribution in [2.24, 2.45) is 0 Å². The van der Waals surface area contributed by atoms with Crippen molar-refractivity contribution in [2.45, 2.75) is 4.90 Å². The summed E-state index contributed by atoms with van der Waals surface area (Å²) in [5.74, 6) is 0.470. The van der Waals surface area contributed by atoms with Gasteiger partial charge < -0.3 is 9.47 Å². The van der Waals surface area contributed by atoms with E-state index in [4.69, 9.17) is 9.47 Å². The molecule has 0 spiro atoms. The van der Waals surface area contributed by atoms with Crippen molar-refractivity contribution in [3.05, 3.63) is 78.6 Å². The summed E-state index contributed by atoms with van der Waals surface area (Å²) in [6, 6.07) is 19.1. The van der Waals surface area contributed by atoms with Crippen molar-refractivity contribution in [1.29, 1.82) is 0 Å². The lowest BCUT2D eigenvalue weighted by atomic mass is 10.3. The van der Waals surface area contributed by atoms with Crippen LogP contribution in [0, 0.1) is 5.82 Å². The highest BCUT2D eigenvalue weighted by atomic mass is 32.2. The number of methoxy groups -OCH3 is 1. The van der Waals surface area contributed by atoms with Gasteiger partial charge in [0.1, 0.15) is 11.5 Å². The third-order valence-electron chi connectivity index (χ3n) is 3.52. The lowest BCUT2D eigenvalue weighted by Crippen LogP contribution is -2.13. The van der Waals surface area contributed by atoms with Crippen LogP contribution in [-0.2, 0) is 10.0 Å². The van der Waals surface area contributed by atoms with Crippen molar-refractivity contribution in [3.63, 3.8) is 0 Å². The predicted octanol–water partition coefficient (Wildman–Crippen LogP) is 4.43. The molecule has 0 saturated carbocycles. The first-order chi connectivity index (χ1) is 12.5. The van der Waals surface area contributed by atoms with Gasteiger partial charge in [-0.1, -0.05) is 18.2 Å². The largest absolute Gasteiger partial charge is 0.494 e. The number of anilines is 1. The molecule has 0 bridgehead atoms. The molecule has 5 nitrogen and oxygen atoms in total. The molecule has 3 rings (SSSR count). The van der Waals surface area contributed by atoms with Crippen LogP contribution < -0.4 is 14.2 Å². The topological polar surface area (TPSA) is 64.6 Å². The Morgan fingerprint density at radius 2 is 1.54 bits per heavy atom. The molecule has 0 saturated heterocycles. The number of rotatable bonds is 6. The molecule has 3 aromatic rings. The third kappa shape index (κ3) is 4.12. The van der Waals surface area contributed by atoms with Gasteiger partial charge in [0.25, 0.3) is 10.0 Å². The number of nitrogens with one attached hydrogen (secondary N) is 1. The van der Waals surface area contributed by atoms with Gasteiger partial charge in [0.15, 0.2) is 11.6 Å². The van der Waals surface area contributed by atoms with Crippen LogP contribution in [0.5, 0.6) is 17.2 Å². The van der Waals surface area contributed by atoms with Crippen LogP contribution in [0.1, 0.15) is 0 Å². The Hall–Kier alpha value is -3.06. The summed E-state index contributed by atoms with van der Waals surface area (Å²) < 4.78 is 51.3. The van der Waals surface area contributed by atoms with Crippen molar-refractivity contribution in [1.82, 2.24) is 0 Å². The van der Waals surface area contributed by atoms with Gasteiger partial charge in [-0.3, -0.25) is 4.72 Å². The highest BCUT2D eigenvalue weighted by molar-refractivity contribution is 7.92. The average molecular weight is 373 g/mol. The summed E-state index contributed by atoms with van der Waals surface area (Å²) in [5.41, 5.74) is 0.335. The Morgan fingerprint density at radius 3 is 2.15 bits per heavy atom. The minimum atomic E-state index is -3.92. The van der Waals surface area contributed by atoms with E-state index in [1.165, 1.54) is 19.2 Å². The smallest absolute Gasteiger partial charge is 0.262 e. The second kappa shape index (κ2) is 7.45. The number of sulfonamides is 1. The number of ether oxygens (including phenoxy) is 2. The molecule has 0 amide bonds. The summed E-state index contributed by atoms with van der Waals surface area (Å²) in [6.07, 6.45) is 0. The molecule has 26 heavy (non-hydrogen) atoms. The van der Waals surface area contributed by atoms with Crippen LogP contribution in [0.2, 0.25) is 0 Å². The molecule has 0 aliphatic carbocycles. The minimum Gasteiger partial charge on any atom is -0.494 e. The normalized spacial score (nSPS) is 11.0. The van der Waals surface area contributed by atoms with Crippen molar-refractivity contribution in [3.8, 4) is 17.2 Å². The van der Waals surface area contributed by atoms with E-state index in [2.05, 4.69) is 4.72 Å². The Balaban J connectivity index is 1.74. The van der Waals surface area contributed by atoms with Gasteiger partial charge in [-0.2, -0.15) is 0 Å². The molecule has 0 atom stereocenters. The maximum absolute atomic E-state index is 13.7. The van der Waals surface area contributed by atoms with Gasteiger partial charge in [-0.05, 0) is 54.6 Å². The number of para-hydroxylation sites is 1. The van der Waals surface area contributed by atoms with Crippen LogP contribution in [0.15, 0.2) is 77.7 Å². The average Bonchev–Trinajstić information content (AvgIpc) is 2.64. The number of hydrogen-bond donors (Lipinski definition) is 1. The van der Waals surface area contributed by atoms with E-state index in [1.807, 2.05) is 30.3 Å². The van der Waals surface area contributed by atoms with E-state index in [-0.39, 0.29) is 10.6 Å². The van der Waals surface area contributed by atoms with E-state index in [0.29, 0.717) is 17.2 Å². The molecular formula is C19H16FNO4S. The van der Waals surface area contributed by atoms with Crippen molar-refractivity contribution >= 4 is 15.7 Å². The van der Waals surface area contributed by atoms with E-state index >= 15 is 0 Å². The van der Waals surface area contributed by atoms with Crippen LogP contribution in [-0.4, -0.2) is 15.5 Å². The highest BCUT2D eigenvalue weighted by Gasteiger charge is 2.17. The first-order valence-corrected chi connectivity index (χ1v) is 9.15. The first kappa shape index (κ1) is 17.8. The lowest BCUT2D eigenvalue weighted by molar-refractivity contribution is 0.385. The molecule has 0 aromatic heterocycles. The van der Waals surface area contributed by atoms with Crippen molar-refractivity contribution < 1.29 is 22.3 Å². The molecule has 3 aromatic carbocycles. The minimum absolute atomic E-state index is 0.0219. The number of halogens is 1. The molecule has 0 aliphatic rings. The second-order valence-corrected chi connectivity index (χ2v) is 7.02. The van der Waals surface area contributed by atoms with E-state index in [9.17, 15) is 12.8 Å². The monoisotopic (exact) mass is 373 g/mol. The zero-order valence-corrected chi connectivity index (χ0v) is 14.7. The Morgan fingerprint density at radius 1 is 0.885 bits per heavy atom. The van der Waals surface area contributed by atoms with Crippen molar-refractivity contribution in [2.75, 3.05) is 11.8 Å². The Labute approximate surface area is 151 Å². The predicted molar refractivity (Wildman–Crippen MR) is 96.7 cm³/mol. The van der Waals surface area contributed by atoms with Crippen LogP contribution in [0.3, 0.4) is 0 Å². The second-order valence-electron chi connectivity index (χ2n) is 5.34. The van der Waals surface area contributed by atoms with Gasteiger partial charge in [0.2, 0.25) is 0 Å². The van der Waals surface area contributed by atoms with E-state index in [0.717, 1.165) is 6.07 Å². The van der Waals surface area contributed by atoms with Gasteiger partial charge >= 0.3 is 0 Å². The summed E-state index contributed by atoms with van der Waals surface area (Å²) >= 11 is 0. The molecular weight excluding hydrogens is 357 g/mol. The van der Waals surface area contributed by atoms with Gasteiger partial charge in [0, 0.05) is 5.69 Å². The zero-order chi connectivity index (χ0) is 18.6. The van der Waals surface area contributed by atoms with Crippen LogP contribution >= 0.6 is 0 Å². The molecule has 0 aliphatic heterocycles. The molecule has 0 radical (unpaired) electrons. The van der Waals surface area contributed by atoms with Gasteiger partial charge in [-0.25, -0.2) is 12.8 Å². The SMILES string of the molecule is COc1ccc(S(=O)(=O)Nc2ccc(Oc3ccccc3)cc2)cc1F. The maximum Gasteiger partial charge on any atom is 0.262 e. The van der Waals surface area contributed by atoms with Gasteiger partial charge in [-0.15, -0.1) is 0 Å². The standard InChI is InChI=1S/C19H16FNO4S/c1-24-19-12-11-17(13-18(19)20)26(22,23)21-14-7-9-16(10-8-14)25-15-5-3-2-4-6-15/h2-13,21H,1H3. The molecule has 0 heterocycles. The summed E-state index contributed by atoms with van der Waals surface area (Å²) in [7, 11) is -2.61. The number of hydrogen-bond acceptors (Lipinski definition) is 4. The molecule has 1 N–H and O–H groups in total. The molecule has 0 unspecified atom stereocenters. The zero-order valence-electron chi connectivity index (χ0n) is 13.8. The fraction of sp³-hybridized carbons (Fsp3) is 0.0526. The Kier molecular flexibility index (Phi) is 5.09. The summed E-state index contributed by atoms with van der Waals surface area (Å²) in [5, 5.41) is 0. The first-order valence-electron chi connectivity index (χ1n) is 7.67. The lowest BCUT2D eigenvalue weighted by Gasteiger charge is -2.10. The van der Waals surface area contributed by atoms with E-state index in [1.54, 1.807) is 24.3 Å². The number of benzene rings is 3. The van der Waals surface area contributed by atoms with E-state index < -0.39 is 15.8 Å². The highest BCUT2D eigenvalue weighted by Crippen LogP contribution is 2.25. The molecule has 0 fully saturated rings. The molecule has 7 heteroatoms. The van der Waals surface area contributed by atoms with Crippen LogP contribution in [0.25, 0.3) is 0 Å². The van der Waals surface area contributed by atoms with Gasteiger partial charge in [0.05, 0.1) is 12.0 Å².